The number of nitrogens with one attached hydrogen (secondary N) is 1. The molecule has 0 amide bonds. The maximum absolute atomic E-state index is 11.0. The van der Waals surface area contributed by atoms with Crippen LogP contribution in [-0.2, 0) is 6.54 Å². The van der Waals surface area contributed by atoms with Crippen LogP contribution in [0.1, 0.15) is 25.3 Å². The summed E-state index contributed by atoms with van der Waals surface area (Å²) in [6, 6.07) is 5.29. The molecule has 0 aliphatic carbocycles. The van der Waals surface area contributed by atoms with E-state index < -0.39 is 0 Å². The molecule has 1 saturated heterocycles. The summed E-state index contributed by atoms with van der Waals surface area (Å²) >= 11 is 0. The normalized spacial score (nSPS) is 18.9. The van der Waals surface area contributed by atoms with Gasteiger partial charge in [-0.3, -0.25) is 15.0 Å². The van der Waals surface area contributed by atoms with E-state index in [0.717, 1.165) is 38.0 Å². The van der Waals surface area contributed by atoms with Gasteiger partial charge < -0.3 is 10.4 Å². The molecule has 0 saturated carbocycles. The molecule has 2 rings (SSSR count). The zero-order valence-electron chi connectivity index (χ0n) is 12.4. The fourth-order valence-electron chi connectivity index (χ4n) is 2.91. The molecule has 6 heteroatoms. The smallest absolute Gasteiger partial charge is 0.292 e. The maximum atomic E-state index is 11.0. The van der Waals surface area contributed by atoms with Crippen molar-refractivity contribution in [2.45, 2.75) is 26.3 Å². The number of aliphatic hydroxyl groups excluding tert-OH is 1. The second-order valence-electron chi connectivity index (χ2n) is 5.54. The first-order valence-corrected chi connectivity index (χ1v) is 7.48. The Morgan fingerprint density at radius 3 is 3.00 bits per heavy atom. The van der Waals surface area contributed by atoms with Crippen LogP contribution in [0.25, 0.3) is 0 Å². The predicted octanol–water partition coefficient (Wildman–Crippen LogP) is 2.23. The minimum atomic E-state index is -0.352. The van der Waals surface area contributed by atoms with Crippen molar-refractivity contribution in [3.05, 3.63) is 33.9 Å². The number of nitrogens with zero attached hydrogens (tertiary/aromatic N) is 2. The Hall–Kier alpha value is -1.66. The minimum absolute atomic E-state index is 0.125. The number of likely N-dealkylation sites (tertiary alicyclic amines) is 1. The van der Waals surface area contributed by atoms with Crippen molar-refractivity contribution in [1.82, 2.24) is 4.90 Å². The quantitative estimate of drug-likeness (QED) is 0.595. The monoisotopic (exact) mass is 293 g/mol. The van der Waals surface area contributed by atoms with Gasteiger partial charge in [0.1, 0.15) is 5.69 Å². The highest BCUT2D eigenvalue weighted by Gasteiger charge is 2.22. The first kappa shape index (κ1) is 15.7. The minimum Gasteiger partial charge on any atom is -0.396 e. The topological polar surface area (TPSA) is 78.6 Å². The summed E-state index contributed by atoms with van der Waals surface area (Å²) in [5.41, 5.74) is 1.80. The molecule has 2 N–H and O–H groups in total. The largest absolute Gasteiger partial charge is 0.396 e. The number of nitro benzene ring substituents is 1. The van der Waals surface area contributed by atoms with Gasteiger partial charge >= 0.3 is 0 Å². The van der Waals surface area contributed by atoms with Gasteiger partial charge in [0.15, 0.2) is 0 Å². The molecular weight excluding hydrogens is 270 g/mol. The van der Waals surface area contributed by atoms with Crippen molar-refractivity contribution in [2.24, 2.45) is 5.92 Å². The summed E-state index contributed by atoms with van der Waals surface area (Å²) in [5.74, 6) is 0.571. The third-order valence-electron chi connectivity index (χ3n) is 3.94. The maximum Gasteiger partial charge on any atom is 0.292 e. The van der Waals surface area contributed by atoms with Gasteiger partial charge in [-0.05, 0) is 43.9 Å². The van der Waals surface area contributed by atoms with E-state index in [-0.39, 0.29) is 17.2 Å². The highest BCUT2D eigenvalue weighted by Crippen LogP contribution is 2.27. The van der Waals surface area contributed by atoms with Gasteiger partial charge in [-0.1, -0.05) is 6.07 Å². The number of hydrogen-bond donors (Lipinski definition) is 2. The first-order chi connectivity index (χ1) is 10.1. The molecular formula is C15H23N3O3. The molecule has 1 aromatic carbocycles. The lowest BCUT2D eigenvalue weighted by Crippen LogP contribution is -2.20. The van der Waals surface area contributed by atoms with Crippen LogP contribution in [0.5, 0.6) is 0 Å². The Morgan fingerprint density at radius 2 is 2.33 bits per heavy atom. The van der Waals surface area contributed by atoms with Crippen LogP contribution >= 0.6 is 0 Å². The van der Waals surface area contributed by atoms with Crippen molar-refractivity contribution >= 4 is 11.4 Å². The van der Waals surface area contributed by atoms with Gasteiger partial charge in [0, 0.05) is 32.3 Å². The van der Waals surface area contributed by atoms with E-state index >= 15 is 0 Å². The number of hydrogen-bond acceptors (Lipinski definition) is 5. The predicted molar refractivity (Wildman–Crippen MR) is 82.3 cm³/mol. The highest BCUT2D eigenvalue weighted by atomic mass is 16.6. The summed E-state index contributed by atoms with van der Waals surface area (Å²) in [4.78, 5) is 13.0. The van der Waals surface area contributed by atoms with E-state index in [1.165, 1.54) is 0 Å². The fourth-order valence-corrected chi connectivity index (χ4v) is 2.91. The number of anilines is 1. The lowest BCUT2D eigenvalue weighted by molar-refractivity contribution is -0.384. The van der Waals surface area contributed by atoms with Gasteiger partial charge in [0.25, 0.3) is 5.69 Å². The second-order valence-corrected chi connectivity index (χ2v) is 5.54. The summed E-state index contributed by atoms with van der Waals surface area (Å²) in [5, 5.41) is 23.0. The lowest BCUT2D eigenvalue weighted by Gasteiger charge is -2.16. The van der Waals surface area contributed by atoms with Crippen LogP contribution in [0, 0.1) is 16.0 Å². The third-order valence-corrected chi connectivity index (χ3v) is 3.94. The van der Waals surface area contributed by atoms with Crippen LogP contribution in [0.3, 0.4) is 0 Å². The van der Waals surface area contributed by atoms with Gasteiger partial charge in [-0.2, -0.15) is 0 Å². The zero-order chi connectivity index (χ0) is 15.2. The fraction of sp³-hybridized carbons (Fsp3) is 0.600. The Bertz CT molecular complexity index is 493. The van der Waals surface area contributed by atoms with E-state index in [2.05, 4.69) is 10.2 Å². The first-order valence-electron chi connectivity index (χ1n) is 7.48. The van der Waals surface area contributed by atoms with Gasteiger partial charge in [0.2, 0.25) is 0 Å². The molecule has 116 valence electrons. The Balaban J connectivity index is 2.04. The van der Waals surface area contributed by atoms with Crippen molar-refractivity contribution in [1.29, 1.82) is 0 Å². The average Bonchev–Trinajstić information content (AvgIpc) is 2.87. The van der Waals surface area contributed by atoms with E-state index in [0.29, 0.717) is 18.2 Å². The molecule has 1 fully saturated rings. The molecule has 1 unspecified atom stereocenters. The lowest BCUT2D eigenvalue weighted by atomic mass is 10.1. The van der Waals surface area contributed by atoms with Crippen LogP contribution in [-0.4, -0.2) is 41.2 Å². The SMILES string of the molecule is CCNc1cc(CN2CCC(CCO)C2)ccc1[N+](=O)[O-]. The number of aliphatic hydroxyl groups is 1. The van der Waals surface area contributed by atoms with Crippen LogP contribution in [0.2, 0.25) is 0 Å². The molecule has 21 heavy (non-hydrogen) atoms. The summed E-state index contributed by atoms with van der Waals surface area (Å²) in [6.45, 7) is 5.66. The molecule has 1 heterocycles. The molecule has 0 spiro atoms. The molecule has 0 bridgehead atoms. The van der Waals surface area contributed by atoms with Crippen molar-refractivity contribution < 1.29 is 10.0 Å². The van der Waals surface area contributed by atoms with Gasteiger partial charge in [0.05, 0.1) is 4.92 Å². The van der Waals surface area contributed by atoms with Crippen LogP contribution in [0.15, 0.2) is 18.2 Å². The standard InChI is InChI=1S/C15H23N3O3/c1-2-16-14-9-13(3-4-15(14)18(20)21)11-17-7-5-12(10-17)6-8-19/h3-4,9,12,16,19H,2,5-8,10-11H2,1H3. The molecule has 1 atom stereocenters. The van der Waals surface area contributed by atoms with E-state index in [4.69, 9.17) is 5.11 Å². The van der Waals surface area contributed by atoms with E-state index in [1.807, 2.05) is 19.1 Å². The summed E-state index contributed by atoms with van der Waals surface area (Å²) in [7, 11) is 0. The van der Waals surface area contributed by atoms with Crippen LogP contribution in [0.4, 0.5) is 11.4 Å². The van der Waals surface area contributed by atoms with Crippen molar-refractivity contribution in [3.8, 4) is 0 Å². The highest BCUT2D eigenvalue weighted by molar-refractivity contribution is 5.62. The summed E-state index contributed by atoms with van der Waals surface area (Å²) in [6.07, 6.45) is 1.98. The van der Waals surface area contributed by atoms with Gasteiger partial charge in [-0.15, -0.1) is 0 Å². The number of rotatable bonds is 7. The molecule has 1 aliphatic heterocycles. The Kier molecular flexibility index (Phi) is 5.52. The Labute approximate surface area is 124 Å². The zero-order valence-corrected chi connectivity index (χ0v) is 12.4. The molecule has 0 radical (unpaired) electrons. The molecule has 1 aliphatic rings. The van der Waals surface area contributed by atoms with Crippen LogP contribution < -0.4 is 5.32 Å². The van der Waals surface area contributed by atoms with Crippen molar-refractivity contribution in [2.75, 3.05) is 31.6 Å². The second kappa shape index (κ2) is 7.38. The van der Waals surface area contributed by atoms with Gasteiger partial charge in [-0.25, -0.2) is 0 Å². The Morgan fingerprint density at radius 1 is 1.52 bits per heavy atom. The summed E-state index contributed by atoms with van der Waals surface area (Å²) < 4.78 is 0. The third kappa shape index (κ3) is 4.15. The molecule has 1 aromatic rings. The number of nitro groups is 1. The van der Waals surface area contributed by atoms with Crippen molar-refractivity contribution in [3.63, 3.8) is 0 Å². The number of benzene rings is 1. The molecule has 0 aromatic heterocycles. The van der Waals surface area contributed by atoms with E-state index in [1.54, 1.807) is 6.07 Å². The average molecular weight is 293 g/mol. The molecule has 6 nitrogen and oxygen atoms in total. The van der Waals surface area contributed by atoms with E-state index in [9.17, 15) is 10.1 Å².